The maximum Gasteiger partial charge on any atom is 0.0571 e. The molecule has 5 fully saturated rings. The third-order valence-electron chi connectivity index (χ3n) is 16.0. The van der Waals surface area contributed by atoms with E-state index in [0.29, 0.717) is 6.10 Å². The molecule has 1 heteroatoms. The summed E-state index contributed by atoms with van der Waals surface area (Å²) in [6, 6.07) is 8.89. The van der Waals surface area contributed by atoms with E-state index >= 15 is 0 Å². The number of hydrogen-bond donors (Lipinski definition) is 0. The number of fused-ring (bicyclic) bond motifs is 1. The first-order valence-electron chi connectivity index (χ1n) is 25.7. The number of methoxy groups -OCH3 is 1. The maximum absolute atomic E-state index is 5.32. The fourth-order valence-corrected chi connectivity index (χ4v) is 10.8. The molecule has 57 heavy (non-hydrogen) atoms. The van der Waals surface area contributed by atoms with Crippen LogP contribution in [-0.4, -0.2) is 13.2 Å². The first kappa shape index (κ1) is 52.3. The van der Waals surface area contributed by atoms with Gasteiger partial charge in [-0.1, -0.05) is 204 Å². The molecule has 0 heterocycles. The summed E-state index contributed by atoms with van der Waals surface area (Å²) < 4.78 is 5.32. The largest absolute Gasteiger partial charge is 0.381 e. The van der Waals surface area contributed by atoms with Crippen molar-refractivity contribution < 1.29 is 4.74 Å². The molecule has 6 aliphatic rings. The Labute approximate surface area is 360 Å². The van der Waals surface area contributed by atoms with Gasteiger partial charge in [-0.15, -0.1) is 0 Å². The van der Waals surface area contributed by atoms with Crippen LogP contribution in [0.2, 0.25) is 0 Å². The van der Waals surface area contributed by atoms with Crippen LogP contribution >= 0.6 is 0 Å². The van der Waals surface area contributed by atoms with E-state index in [0.717, 1.165) is 76.9 Å². The van der Waals surface area contributed by atoms with Gasteiger partial charge in [-0.25, -0.2) is 0 Å². The second-order valence-electron chi connectivity index (χ2n) is 22.2. The van der Waals surface area contributed by atoms with Gasteiger partial charge in [0, 0.05) is 7.11 Å². The number of aryl methyl sites for hydroxylation is 1. The van der Waals surface area contributed by atoms with Crippen molar-refractivity contribution in [3.8, 4) is 0 Å². The highest BCUT2D eigenvalue weighted by Crippen LogP contribution is 2.38. The van der Waals surface area contributed by atoms with Crippen molar-refractivity contribution in [1.82, 2.24) is 0 Å². The van der Waals surface area contributed by atoms with E-state index in [1.54, 1.807) is 11.1 Å². The number of benzene rings is 1. The molecule has 5 saturated carbocycles. The summed E-state index contributed by atoms with van der Waals surface area (Å²) in [7, 11) is 1.83. The van der Waals surface area contributed by atoms with Crippen molar-refractivity contribution in [3.63, 3.8) is 0 Å². The second kappa shape index (κ2) is 29.4. The average molecular weight is 793 g/mol. The molecule has 6 aliphatic carbocycles. The van der Waals surface area contributed by atoms with Gasteiger partial charge < -0.3 is 4.74 Å². The number of hydrogen-bond acceptors (Lipinski definition) is 1. The Morgan fingerprint density at radius 1 is 0.404 bits per heavy atom. The molecule has 0 radical (unpaired) electrons. The summed E-state index contributed by atoms with van der Waals surface area (Å²) in [4.78, 5) is 0. The van der Waals surface area contributed by atoms with E-state index in [1.165, 1.54) is 141 Å². The van der Waals surface area contributed by atoms with E-state index < -0.39 is 0 Å². The molecule has 0 amide bonds. The topological polar surface area (TPSA) is 9.23 Å². The van der Waals surface area contributed by atoms with Gasteiger partial charge in [0.2, 0.25) is 0 Å². The molecule has 0 saturated heterocycles. The standard InChI is InChI=1S/C12H16.C10H20O.C10H20.C9H18.C8H16.C7H14/c1-9(2)11-8-7-10-5-3-4-6-12(10)11;1-8(2)9-4-6-10(11-3)7-5-9;1-8(2)10-6-4-9(3)5-7-10;1-8(2)9-6-4-3-5-7-9;1-7(2)8-5-3-4-6-8;1-6(2)7-4-3-5-7/h3-6,9,11H,7-8H2,1-2H3;8-10H,4-7H2,1-3H3;8-10H,4-7H2,1-3H3;8-9H,3-7H2,1-2H3;7-8H,3-6H2,1-2H3;6-7H,3-5H2,1-2H3. The molecule has 334 valence electrons. The van der Waals surface area contributed by atoms with Gasteiger partial charge in [0.1, 0.15) is 0 Å². The van der Waals surface area contributed by atoms with Crippen molar-refractivity contribution >= 4 is 0 Å². The van der Waals surface area contributed by atoms with Crippen LogP contribution in [0.4, 0.5) is 0 Å². The molecule has 1 aromatic rings. The molecule has 0 spiro atoms. The van der Waals surface area contributed by atoms with Gasteiger partial charge in [-0.2, -0.15) is 0 Å². The van der Waals surface area contributed by atoms with E-state index in [4.69, 9.17) is 4.74 Å². The van der Waals surface area contributed by atoms with Crippen molar-refractivity contribution in [2.24, 2.45) is 71.0 Å². The van der Waals surface area contributed by atoms with Crippen LogP contribution in [0.3, 0.4) is 0 Å². The monoisotopic (exact) mass is 793 g/mol. The van der Waals surface area contributed by atoms with Crippen molar-refractivity contribution in [1.29, 1.82) is 0 Å². The molecule has 1 nitrogen and oxygen atoms in total. The molecule has 0 N–H and O–H groups in total. The van der Waals surface area contributed by atoms with Crippen LogP contribution in [0.1, 0.15) is 242 Å². The number of ether oxygens (including phenoxy) is 1. The van der Waals surface area contributed by atoms with E-state index in [1.807, 2.05) is 7.11 Å². The van der Waals surface area contributed by atoms with Crippen LogP contribution in [0.15, 0.2) is 24.3 Å². The highest BCUT2D eigenvalue weighted by molar-refractivity contribution is 5.35. The predicted molar refractivity (Wildman–Crippen MR) is 256 cm³/mol. The van der Waals surface area contributed by atoms with Gasteiger partial charge in [-0.05, 0) is 139 Å². The lowest BCUT2D eigenvalue weighted by Crippen LogP contribution is -2.23. The zero-order chi connectivity index (χ0) is 42.3. The molecule has 7 rings (SSSR count). The number of rotatable bonds is 7. The van der Waals surface area contributed by atoms with E-state index in [9.17, 15) is 0 Å². The van der Waals surface area contributed by atoms with Crippen LogP contribution in [0, 0.1) is 71.0 Å². The minimum atomic E-state index is 0.560. The first-order valence-corrected chi connectivity index (χ1v) is 25.7. The Hall–Kier alpha value is -0.820. The normalized spacial score (nSPS) is 26.6. The SMILES string of the molecule is CC(C)C1CCC1.CC(C)C1CCCC1.CC(C)C1CCCCC1.CC(C)C1CCc2ccccc21.CC1CCC(C(C)C)CC1.COC1CCC(C(C)C)CC1. The van der Waals surface area contributed by atoms with Gasteiger partial charge in [-0.3, -0.25) is 0 Å². The quantitative estimate of drug-likeness (QED) is 0.267. The van der Waals surface area contributed by atoms with E-state index in [2.05, 4.69) is 114 Å². The Balaban J connectivity index is 0.000000238. The average Bonchev–Trinajstić information content (AvgIpc) is 3.88. The summed E-state index contributed by atoms with van der Waals surface area (Å²) in [6.45, 7) is 30.5. The molecule has 1 atom stereocenters. The van der Waals surface area contributed by atoms with Crippen LogP contribution in [0.5, 0.6) is 0 Å². The minimum absolute atomic E-state index is 0.560. The lowest BCUT2D eigenvalue weighted by Gasteiger charge is -2.29. The highest BCUT2D eigenvalue weighted by Gasteiger charge is 2.25. The Kier molecular flexibility index (Phi) is 27.0. The smallest absolute Gasteiger partial charge is 0.0571 e. The molecule has 1 aromatic carbocycles. The van der Waals surface area contributed by atoms with E-state index in [-0.39, 0.29) is 0 Å². The Morgan fingerprint density at radius 3 is 1.12 bits per heavy atom. The summed E-state index contributed by atoms with van der Waals surface area (Å²) in [6.07, 6.45) is 32.3. The zero-order valence-electron chi connectivity index (χ0n) is 41.4. The van der Waals surface area contributed by atoms with Gasteiger partial charge in [0.25, 0.3) is 0 Å². The maximum atomic E-state index is 5.32. The Morgan fingerprint density at radius 2 is 0.772 bits per heavy atom. The summed E-state index contributed by atoms with van der Waals surface area (Å²) in [5.74, 6) is 12.5. The highest BCUT2D eigenvalue weighted by atomic mass is 16.5. The van der Waals surface area contributed by atoms with Crippen molar-refractivity contribution in [2.45, 2.75) is 243 Å². The van der Waals surface area contributed by atoms with Gasteiger partial charge in [0.15, 0.2) is 0 Å². The minimum Gasteiger partial charge on any atom is -0.381 e. The van der Waals surface area contributed by atoms with Crippen molar-refractivity contribution in [2.75, 3.05) is 7.11 Å². The Bertz CT molecular complexity index is 1060. The van der Waals surface area contributed by atoms with Crippen LogP contribution in [-0.2, 0) is 11.2 Å². The molecular formula is C56H104O. The fraction of sp³-hybridized carbons (Fsp3) is 0.893. The van der Waals surface area contributed by atoms with Crippen LogP contribution < -0.4 is 0 Å². The summed E-state index contributed by atoms with van der Waals surface area (Å²) >= 11 is 0. The van der Waals surface area contributed by atoms with Crippen LogP contribution in [0.25, 0.3) is 0 Å². The molecule has 0 bridgehead atoms. The third-order valence-corrected chi connectivity index (χ3v) is 16.0. The molecule has 1 unspecified atom stereocenters. The zero-order valence-corrected chi connectivity index (χ0v) is 41.4. The first-order chi connectivity index (χ1) is 27.1. The molecular weight excluding hydrogens is 689 g/mol. The fourth-order valence-electron chi connectivity index (χ4n) is 10.8. The summed E-state index contributed by atoms with van der Waals surface area (Å²) in [5, 5.41) is 0. The lowest BCUT2D eigenvalue weighted by atomic mass is 9.78. The lowest BCUT2D eigenvalue weighted by molar-refractivity contribution is 0.0495. The van der Waals surface area contributed by atoms with Gasteiger partial charge in [0.05, 0.1) is 6.10 Å². The van der Waals surface area contributed by atoms with Gasteiger partial charge >= 0.3 is 0 Å². The summed E-state index contributed by atoms with van der Waals surface area (Å²) in [5.41, 5.74) is 3.18. The predicted octanol–water partition coefficient (Wildman–Crippen LogP) is 18.2. The third kappa shape index (κ3) is 21.0. The molecule has 0 aromatic heterocycles. The second-order valence-corrected chi connectivity index (χ2v) is 22.2. The van der Waals surface area contributed by atoms with Crippen molar-refractivity contribution in [3.05, 3.63) is 35.4 Å². The molecule has 0 aliphatic heterocycles.